The molecule has 0 aromatic heterocycles. The molecule has 0 aliphatic carbocycles. The Balaban J connectivity index is 1.79. The lowest BCUT2D eigenvalue weighted by Gasteiger charge is -2.24. The Morgan fingerprint density at radius 2 is 1.09 bits per heavy atom. The molecule has 2 N–H and O–H groups in total. The molecule has 2 heteroatoms. The van der Waals surface area contributed by atoms with Crippen LogP contribution in [0.15, 0.2) is 91.0 Å². The fraction of sp³-hybridized carbons (Fsp3) is 0.143. The van der Waals surface area contributed by atoms with Gasteiger partial charge in [0.15, 0.2) is 0 Å². The zero-order valence-electron chi connectivity index (χ0n) is 13.2. The molecule has 0 aliphatic heterocycles. The van der Waals surface area contributed by atoms with Crippen molar-refractivity contribution in [3.8, 4) is 0 Å². The standard InChI is InChI=1S/C21H22N2/c22-23(16-18-10-4-1-5-11-18)17-21(19-12-6-2-7-13-19)20-14-8-3-9-15-20/h1-15,21H,16-17,22H2. The third kappa shape index (κ3) is 4.28. The van der Waals surface area contributed by atoms with Crippen molar-refractivity contribution in [3.05, 3.63) is 108 Å². The molecule has 0 heterocycles. The Hall–Kier alpha value is -2.42. The van der Waals surface area contributed by atoms with Gasteiger partial charge in [-0.3, -0.25) is 5.84 Å². The number of hydrogen-bond acceptors (Lipinski definition) is 2. The van der Waals surface area contributed by atoms with Crippen LogP contribution < -0.4 is 5.84 Å². The van der Waals surface area contributed by atoms with Crippen molar-refractivity contribution in [2.45, 2.75) is 12.5 Å². The lowest BCUT2D eigenvalue weighted by molar-refractivity contribution is 0.266. The summed E-state index contributed by atoms with van der Waals surface area (Å²) in [5.41, 5.74) is 3.82. The lowest BCUT2D eigenvalue weighted by Crippen LogP contribution is -2.34. The van der Waals surface area contributed by atoms with Crippen LogP contribution in [0.5, 0.6) is 0 Å². The van der Waals surface area contributed by atoms with Gasteiger partial charge in [0, 0.05) is 19.0 Å². The molecule has 0 radical (unpaired) electrons. The van der Waals surface area contributed by atoms with Crippen LogP contribution in [0.3, 0.4) is 0 Å². The Morgan fingerprint density at radius 3 is 1.57 bits per heavy atom. The average Bonchev–Trinajstić information content (AvgIpc) is 2.62. The van der Waals surface area contributed by atoms with Gasteiger partial charge in [0.2, 0.25) is 0 Å². The summed E-state index contributed by atoms with van der Waals surface area (Å²) in [6.07, 6.45) is 0. The van der Waals surface area contributed by atoms with Gasteiger partial charge in [-0.15, -0.1) is 0 Å². The maximum absolute atomic E-state index is 6.31. The van der Waals surface area contributed by atoms with E-state index in [9.17, 15) is 0 Å². The number of benzene rings is 3. The fourth-order valence-electron chi connectivity index (χ4n) is 2.89. The molecule has 3 aromatic rings. The van der Waals surface area contributed by atoms with E-state index in [1.54, 1.807) is 0 Å². The Labute approximate surface area is 138 Å². The minimum absolute atomic E-state index is 0.270. The first-order valence-corrected chi connectivity index (χ1v) is 7.96. The minimum Gasteiger partial charge on any atom is -0.268 e. The molecule has 116 valence electrons. The minimum atomic E-state index is 0.270. The second-order valence-electron chi connectivity index (χ2n) is 5.79. The molecule has 23 heavy (non-hydrogen) atoms. The van der Waals surface area contributed by atoms with Crippen LogP contribution in [-0.4, -0.2) is 11.6 Å². The van der Waals surface area contributed by atoms with E-state index in [1.165, 1.54) is 16.7 Å². The highest BCUT2D eigenvalue weighted by Crippen LogP contribution is 2.25. The van der Waals surface area contributed by atoms with Crippen LogP contribution in [-0.2, 0) is 6.54 Å². The molecule has 0 saturated heterocycles. The van der Waals surface area contributed by atoms with Crippen molar-refractivity contribution in [2.24, 2.45) is 5.84 Å². The quantitative estimate of drug-likeness (QED) is 0.546. The van der Waals surface area contributed by atoms with E-state index < -0.39 is 0 Å². The maximum Gasteiger partial charge on any atom is 0.0379 e. The smallest absolute Gasteiger partial charge is 0.0379 e. The Bertz CT molecular complexity index is 656. The van der Waals surface area contributed by atoms with Crippen LogP contribution in [0.1, 0.15) is 22.6 Å². The van der Waals surface area contributed by atoms with Crippen molar-refractivity contribution < 1.29 is 0 Å². The Morgan fingerprint density at radius 1 is 0.652 bits per heavy atom. The summed E-state index contributed by atoms with van der Waals surface area (Å²) in [5, 5.41) is 1.90. The van der Waals surface area contributed by atoms with E-state index in [-0.39, 0.29) is 5.92 Å². The highest BCUT2D eigenvalue weighted by molar-refractivity contribution is 5.32. The van der Waals surface area contributed by atoms with E-state index in [0.29, 0.717) is 0 Å². The zero-order valence-corrected chi connectivity index (χ0v) is 13.2. The number of hydrazine groups is 1. The first-order chi connectivity index (χ1) is 11.3. The van der Waals surface area contributed by atoms with E-state index in [4.69, 9.17) is 5.84 Å². The first-order valence-electron chi connectivity index (χ1n) is 7.96. The van der Waals surface area contributed by atoms with Crippen LogP contribution in [0.2, 0.25) is 0 Å². The number of nitrogens with zero attached hydrogens (tertiary/aromatic N) is 1. The third-order valence-electron chi connectivity index (χ3n) is 4.05. The van der Waals surface area contributed by atoms with Crippen molar-refractivity contribution in [2.75, 3.05) is 6.54 Å². The van der Waals surface area contributed by atoms with Gasteiger partial charge in [0.05, 0.1) is 0 Å². The molecule has 2 nitrogen and oxygen atoms in total. The molecule has 3 aromatic carbocycles. The summed E-state index contributed by atoms with van der Waals surface area (Å²) in [5.74, 6) is 6.58. The monoisotopic (exact) mass is 302 g/mol. The van der Waals surface area contributed by atoms with E-state index in [2.05, 4.69) is 84.9 Å². The van der Waals surface area contributed by atoms with E-state index >= 15 is 0 Å². The van der Waals surface area contributed by atoms with Gasteiger partial charge < -0.3 is 0 Å². The molecule has 0 saturated carbocycles. The van der Waals surface area contributed by atoms with Crippen LogP contribution in [0, 0.1) is 0 Å². The molecule has 0 unspecified atom stereocenters. The second kappa shape index (κ2) is 7.73. The molecular formula is C21H22N2. The molecule has 0 fully saturated rings. The van der Waals surface area contributed by atoms with E-state index in [1.807, 2.05) is 11.1 Å². The summed E-state index contributed by atoms with van der Waals surface area (Å²) >= 11 is 0. The van der Waals surface area contributed by atoms with Crippen molar-refractivity contribution in [1.29, 1.82) is 0 Å². The second-order valence-corrected chi connectivity index (χ2v) is 5.79. The van der Waals surface area contributed by atoms with Gasteiger partial charge in [-0.05, 0) is 16.7 Å². The van der Waals surface area contributed by atoms with Gasteiger partial charge in [-0.25, -0.2) is 5.01 Å². The van der Waals surface area contributed by atoms with Crippen molar-refractivity contribution in [3.63, 3.8) is 0 Å². The number of hydrogen-bond donors (Lipinski definition) is 1. The largest absolute Gasteiger partial charge is 0.268 e. The number of nitrogens with two attached hydrogens (primary N) is 1. The van der Waals surface area contributed by atoms with Gasteiger partial charge >= 0.3 is 0 Å². The van der Waals surface area contributed by atoms with Gasteiger partial charge in [-0.1, -0.05) is 91.0 Å². The van der Waals surface area contributed by atoms with Crippen molar-refractivity contribution in [1.82, 2.24) is 5.01 Å². The van der Waals surface area contributed by atoms with Crippen LogP contribution >= 0.6 is 0 Å². The predicted molar refractivity (Wildman–Crippen MR) is 95.8 cm³/mol. The molecule has 0 bridgehead atoms. The Kier molecular flexibility index (Phi) is 5.20. The summed E-state index contributed by atoms with van der Waals surface area (Å²) < 4.78 is 0. The highest BCUT2D eigenvalue weighted by Gasteiger charge is 2.16. The van der Waals surface area contributed by atoms with Crippen molar-refractivity contribution >= 4 is 0 Å². The molecular weight excluding hydrogens is 280 g/mol. The topological polar surface area (TPSA) is 29.3 Å². The molecule has 3 rings (SSSR count). The molecule has 0 spiro atoms. The fourth-order valence-corrected chi connectivity index (χ4v) is 2.89. The van der Waals surface area contributed by atoms with Crippen LogP contribution in [0.4, 0.5) is 0 Å². The SMILES string of the molecule is NN(Cc1ccccc1)CC(c1ccccc1)c1ccccc1. The highest BCUT2D eigenvalue weighted by atomic mass is 15.4. The van der Waals surface area contributed by atoms with Crippen LogP contribution in [0.25, 0.3) is 0 Å². The summed E-state index contributed by atoms with van der Waals surface area (Å²) in [6.45, 7) is 1.53. The average molecular weight is 302 g/mol. The lowest BCUT2D eigenvalue weighted by atomic mass is 9.91. The van der Waals surface area contributed by atoms with Gasteiger partial charge in [0.1, 0.15) is 0 Å². The molecule has 0 aliphatic rings. The maximum atomic E-state index is 6.31. The summed E-state index contributed by atoms with van der Waals surface area (Å²) in [4.78, 5) is 0. The third-order valence-corrected chi connectivity index (χ3v) is 4.05. The number of rotatable bonds is 6. The molecule has 0 atom stereocenters. The molecule has 0 amide bonds. The van der Waals surface area contributed by atoms with Gasteiger partial charge in [0.25, 0.3) is 0 Å². The van der Waals surface area contributed by atoms with Gasteiger partial charge in [-0.2, -0.15) is 0 Å². The summed E-state index contributed by atoms with van der Waals surface area (Å²) in [6, 6.07) is 31.5. The zero-order chi connectivity index (χ0) is 15.9. The predicted octanol–water partition coefficient (Wildman–Crippen LogP) is 4.19. The first kappa shape index (κ1) is 15.5. The van der Waals surface area contributed by atoms with E-state index in [0.717, 1.165) is 13.1 Å². The normalized spacial score (nSPS) is 11.1. The summed E-state index contributed by atoms with van der Waals surface area (Å²) in [7, 11) is 0.